The maximum atomic E-state index is 12.7. The molecule has 2 aromatic rings. The van der Waals surface area contributed by atoms with E-state index in [-0.39, 0.29) is 6.54 Å². The van der Waals surface area contributed by atoms with Crippen molar-refractivity contribution >= 4 is 5.95 Å². The first kappa shape index (κ1) is 19.6. The Morgan fingerprint density at radius 2 is 1.96 bits per heavy atom. The fourth-order valence-electron chi connectivity index (χ4n) is 3.35. The Labute approximate surface area is 156 Å². The lowest BCUT2D eigenvalue weighted by atomic mass is 10.1. The molecule has 1 aromatic carbocycles. The van der Waals surface area contributed by atoms with Crippen molar-refractivity contribution < 1.29 is 13.2 Å². The van der Waals surface area contributed by atoms with Crippen molar-refractivity contribution in [1.29, 1.82) is 0 Å². The zero-order valence-corrected chi connectivity index (χ0v) is 15.3. The molecule has 8 heteroatoms. The van der Waals surface area contributed by atoms with Gasteiger partial charge in [0, 0.05) is 24.7 Å². The van der Waals surface area contributed by atoms with Crippen molar-refractivity contribution in [3.05, 3.63) is 41.6 Å². The summed E-state index contributed by atoms with van der Waals surface area (Å²) < 4.78 is 38.2. The molecule has 1 aromatic heterocycles. The fraction of sp³-hybridized carbons (Fsp3) is 0.474. The highest BCUT2D eigenvalue weighted by molar-refractivity contribution is 5.61. The second-order valence-corrected chi connectivity index (χ2v) is 6.84. The van der Waals surface area contributed by atoms with Gasteiger partial charge in [-0.1, -0.05) is 12.1 Å². The second-order valence-electron chi connectivity index (χ2n) is 6.84. The lowest BCUT2D eigenvalue weighted by Crippen LogP contribution is -2.27. The molecule has 0 spiro atoms. The van der Waals surface area contributed by atoms with E-state index in [4.69, 9.17) is 5.73 Å². The molecule has 27 heavy (non-hydrogen) atoms. The van der Waals surface area contributed by atoms with Crippen LogP contribution in [0.2, 0.25) is 0 Å². The van der Waals surface area contributed by atoms with Crippen LogP contribution in [0.1, 0.15) is 30.5 Å². The number of nitrogens with one attached hydrogen (secondary N) is 1. The van der Waals surface area contributed by atoms with E-state index in [9.17, 15) is 13.2 Å². The molecular formula is C19H24F3N5. The van der Waals surface area contributed by atoms with Crippen LogP contribution in [0.4, 0.5) is 19.1 Å². The molecule has 0 saturated carbocycles. The fourth-order valence-corrected chi connectivity index (χ4v) is 3.35. The Hall–Kier alpha value is -2.19. The average Bonchev–Trinajstić information content (AvgIpc) is 3.06. The van der Waals surface area contributed by atoms with Crippen molar-refractivity contribution in [3.8, 4) is 11.3 Å². The largest absolute Gasteiger partial charge is 0.416 e. The minimum atomic E-state index is -4.35. The molecule has 0 aliphatic carbocycles. The van der Waals surface area contributed by atoms with Crippen LogP contribution >= 0.6 is 0 Å². The summed E-state index contributed by atoms with van der Waals surface area (Å²) in [4.78, 5) is 11.2. The minimum absolute atomic E-state index is 0.232. The standard InChI is InChI=1S/C19H24F3N5/c1-27-10-2-3-16(27)8-9-24-18-25-15(12-23)11-17(26-18)13-4-6-14(7-5-13)19(20,21)22/h4-7,11,16H,2-3,8-10,12,23H2,1H3,(H,24,25,26). The van der Waals surface area contributed by atoms with Crippen molar-refractivity contribution in [2.75, 3.05) is 25.5 Å². The maximum absolute atomic E-state index is 12.7. The number of alkyl halides is 3. The summed E-state index contributed by atoms with van der Waals surface area (Å²) >= 11 is 0. The molecule has 3 N–H and O–H groups in total. The van der Waals surface area contributed by atoms with Gasteiger partial charge in [-0.15, -0.1) is 0 Å². The smallest absolute Gasteiger partial charge is 0.354 e. The van der Waals surface area contributed by atoms with Gasteiger partial charge in [0.05, 0.1) is 17.0 Å². The van der Waals surface area contributed by atoms with Crippen LogP contribution in [-0.4, -0.2) is 41.0 Å². The number of likely N-dealkylation sites (tertiary alicyclic amines) is 1. The molecule has 2 heterocycles. The molecular weight excluding hydrogens is 355 g/mol. The van der Waals surface area contributed by atoms with E-state index in [0.717, 1.165) is 31.6 Å². The summed E-state index contributed by atoms with van der Waals surface area (Å²) in [6.07, 6.45) is -0.952. The third-order valence-corrected chi connectivity index (χ3v) is 4.93. The topological polar surface area (TPSA) is 67.1 Å². The van der Waals surface area contributed by atoms with Gasteiger partial charge in [0.15, 0.2) is 0 Å². The van der Waals surface area contributed by atoms with Crippen molar-refractivity contribution in [3.63, 3.8) is 0 Å². The van der Waals surface area contributed by atoms with Gasteiger partial charge in [-0.3, -0.25) is 0 Å². The van der Waals surface area contributed by atoms with Gasteiger partial charge in [-0.2, -0.15) is 13.2 Å². The molecule has 0 radical (unpaired) electrons. The number of hydrogen-bond acceptors (Lipinski definition) is 5. The first-order valence-corrected chi connectivity index (χ1v) is 9.06. The predicted molar refractivity (Wildman–Crippen MR) is 99.1 cm³/mol. The summed E-state index contributed by atoms with van der Waals surface area (Å²) in [6, 6.07) is 7.22. The van der Waals surface area contributed by atoms with Crippen LogP contribution in [0.3, 0.4) is 0 Å². The zero-order valence-electron chi connectivity index (χ0n) is 15.3. The Balaban J connectivity index is 1.73. The van der Waals surface area contributed by atoms with E-state index < -0.39 is 11.7 Å². The van der Waals surface area contributed by atoms with Crippen molar-refractivity contribution in [2.24, 2.45) is 5.73 Å². The normalized spacial score (nSPS) is 18.0. The van der Waals surface area contributed by atoms with Crippen LogP contribution in [-0.2, 0) is 12.7 Å². The summed E-state index contributed by atoms with van der Waals surface area (Å²) in [5, 5.41) is 3.23. The van der Waals surface area contributed by atoms with Gasteiger partial charge < -0.3 is 16.0 Å². The number of anilines is 1. The van der Waals surface area contributed by atoms with Gasteiger partial charge in [0.1, 0.15) is 0 Å². The number of benzene rings is 1. The Morgan fingerprint density at radius 3 is 2.56 bits per heavy atom. The van der Waals surface area contributed by atoms with Crippen LogP contribution < -0.4 is 11.1 Å². The van der Waals surface area contributed by atoms with E-state index in [1.807, 2.05) is 0 Å². The van der Waals surface area contributed by atoms with E-state index in [0.29, 0.717) is 28.9 Å². The van der Waals surface area contributed by atoms with E-state index in [2.05, 4.69) is 27.2 Å². The van der Waals surface area contributed by atoms with E-state index >= 15 is 0 Å². The second kappa shape index (κ2) is 8.22. The minimum Gasteiger partial charge on any atom is -0.354 e. The summed E-state index contributed by atoms with van der Waals surface area (Å²) in [5.41, 5.74) is 6.83. The van der Waals surface area contributed by atoms with Crippen LogP contribution in [0, 0.1) is 0 Å². The molecule has 1 unspecified atom stereocenters. The van der Waals surface area contributed by atoms with Gasteiger partial charge >= 0.3 is 6.18 Å². The summed E-state index contributed by atoms with van der Waals surface area (Å²) in [6.45, 7) is 2.09. The van der Waals surface area contributed by atoms with Crippen molar-refractivity contribution in [1.82, 2.24) is 14.9 Å². The first-order chi connectivity index (χ1) is 12.9. The molecule has 1 aliphatic heterocycles. The quantitative estimate of drug-likeness (QED) is 0.804. The molecule has 5 nitrogen and oxygen atoms in total. The van der Waals surface area contributed by atoms with Crippen LogP contribution in [0.25, 0.3) is 11.3 Å². The Kier molecular flexibility index (Phi) is 5.96. The molecule has 1 atom stereocenters. The zero-order chi connectivity index (χ0) is 19.4. The van der Waals surface area contributed by atoms with Crippen LogP contribution in [0.5, 0.6) is 0 Å². The van der Waals surface area contributed by atoms with Gasteiger partial charge in [0.2, 0.25) is 5.95 Å². The molecule has 146 valence electrons. The third-order valence-electron chi connectivity index (χ3n) is 4.93. The highest BCUT2D eigenvalue weighted by Crippen LogP contribution is 2.31. The third kappa shape index (κ3) is 4.95. The molecule has 1 saturated heterocycles. The lowest BCUT2D eigenvalue weighted by molar-refractivity contribution is -0.137. The highest BCUT2D eigenvalue weighted by atomic mass is 19.4. The Bertz CT molecular complexity index is 761. The first-order valence-electron chi connectivity index (χ1n) is 9.06. The summed E-state index contributed by atoms with van der Waals surface area (Å²) in [5.74, 6) is 0.452. The van der Waals surface area contributed by atoms with E-state index in [1.165, 1.54) is 25.0 Å². The Morgan fingerprint density at radius 1 is 1.22 bits per heavy atom. The molecule has 1 fully saturated rings. The van der Waals surface area contributed by atoms with Gasteiger partial charge in [-0.05, 0) is 51.1 Å². The molecule has 0 amide bonds. The monoisotopic (exact) mass is 379 g/mol. The number of rotatable bonds is 6. The number of aromatic nitrogens is 2. The van der Waals surface area contributed by atoms with E-state index in [1.54, 1.807) is 6.07 Å². The summed E-state index contributed by atoms with van der Waals surface area (Å²) in [7, 11) is 2.13. The van der Waals surface area contributed by atoms with Crippen molar-refractivity contribution in [2.45, 2.75) is 38.0 Å². The van der Waals surface area contributed by atoms with Gasteiger partial charge in [0.25, 0.3) is 0 Å². The number of halogens is 3. The highest BCUT2D eigenvalue weighted by Gasteiger charge is 2.30. The lowest BCUT2D eigenvalue weighted by Gasteiger charge is -2.19. The number of nitrogens with two attached hydrogens (primary N) is 1. The SMILES string of the molecule is CN1CCCC1CCNc1nc(CN)cc(-c2ccc(C(F)(F)F)cc2)n1. The molecule has 1 aliphatic rings. The van der Waals surface area contributed by atoms with Gasteiger partial charge in [-0.25, -0.2) is 9.97 Å². The maximum Gasteiger partial charge on any atom is 0.416 e. The number of hydrogen-bond donors (Lipinski definition) is 2. The molecule has 0 bridgehead atoms. The molecule has 3 rings (SSSR count). The van der Waals surface area contributed by atoms with Crippen LogP contribution in [0.15, 0.2) is 30.3 Å². The predicted octanol–water partition coefficient (Wildman–Crippen LogP) is 3.52. The number of nitrogens with zero attached hydrogens (tertiary/aromatic N) is 3. The average molecular weight is 379 g/mol.